The van der Waals surface area contributed by atoms with Crippen molar-refractivity contribution in [3.8, 4) is 5.69 Å². The lowest BCUT2D eigenvalue weighted by Gasteiger charge is -2.10. The van der Waals surface area contributed by atoms with Crippen molar-refractivity contribution < 1.29 is 9.18 Å². The van der Waals surface area contributed by atoms with Gasteiger partial charge in [0, 0.05) is 18.8 Å². The Morgan fingerprint density at radius 3 is 2.71 bits per heavy atom. The number of hydrogen-bond acceptors (Lipinski definition) is 3. The number of halogens is 2. The zero-order valence-electron chi connectivity index (χ0n) is 11.7. The number of benzene rings is 1. The number of carbonyl (C=O) groups excluding carboxylic acids is 1. The summed E-state index contributed by atoms with van der Waals surface area (Å²) in [5, 5.41) is 10.1. The normalized spacial score (nSPS) is 12.2. The van der Waals surface area contributed by atoms with Crippen molar-refractivity contribution in [2.75, 3.05) is 13.6 Å². The highest BCUT2D eigenvalue weighted by Crippen LogP contribution is 2.18. The minimum atomic E-state index is -0.316. The van der Waals surface area contributed by atoms with Crippen LogP contribution in [0, 0.1) is 5.82 Å². The molecule has 0 saturated carbocycles. The molecule has 5 nitrogen and oxygen atoms in total. The third-order valence-electron chi connectivity index (χ3n) is 3.04. The van der Waals surface area contributed by atoms with Crippen molar-refractivity contribution in [1.82, 2.24) is 20.4 Å². The molecule has 0 aliphatic rings. The van der Waals surface area contributed by atoms with E-state index < -0.39 is 0 Å². The molecule has 2 aromatic rings. The van der Waals surface area contributed by atoms with Crippen LogP contribution in [-0.2, 0) is 0 Å². The Balaban J connectivity index is 2.15. The molecule has 112 valence electrons. The minimum Gasteiger partial charge on any atom is -0.349 e. The maximum atomic E-state index is 12.9. The molecule has 1 atom stereocenters. The number of nitrogens with one attached hydrogen (secondary N) is 2. The second-order valence-electron chi connectivity index (χ2n) is 4.65. The van der Waals surface area contributed by atoms with Gasteiger partial charge in [0.1, 0.15) is 5.82 Å². The van der Waals surface area contributed by atoms with Crippen molar-refractivity contribution in [2.24, 2.45) is 0 Å². The summed E-state index contributed by atoms with van der Waals surface area (Å²) in [4.78, 5) is 12.1. The molecule has 0 aliphatic heterocycles. The molecular formula is C14H16BrFN4O. The third kappa shape index (κ3) is 3.89. The average Bonchev–Trinajstić information content (AvgIpc) is 2.87. The fourth-order valence-electron chi connectivity index (χ4n) is 1.66. The molecule has 21 heavy (non-hydrogen) atoms. The van der Waals surface area contributed by atoms with E-state index in [1.807, 2.05) is 14.0 Å². The van der Waals surface area contributed by atoms with E-state index in [4.69, 9.17) is 0 Å². The Kier molecular flexibility index (Phi) is 5.08. The highest BCUT2D eigenvalue weighted by Gasteiger charge is 2.16. The lowest BCUT2D eigenvalue weighted by molar-refractivity contribution is 0.0944. The molecule has 0 bridgehead atoms. The molecule has 2 rings (SSSR count). The summed E-state index contributed by atoms with van der Waals surface area (Å²) in [6.45, 7) is 2.47. The van der Waals surface area contributed by atoms with E-state index >= 15 is 0 Å². The molecule has 1 amide bonds. The van der Waals surface area contributed by atoms with Gasteiger partial charge in [-0.25, -0.2) is 9.07 Å². The van der Waals surface area contributed by atoms with Crippen LogP contribution in [0.25, 0.3) is 5.69 Å². The van der Waals surface area contributed by atoms with Crippen LogP contribution in [-0.4, -0.2) is 35.3 Å². The molecule has 0 radical (unpaired) electrons. The summed E-state index contributed by atoms with van der Waals surface area (Å²) in [6, 6.07) is 6.06. The van der Waals surface area contributed by atoms with Gasteiger partial charge >= 0.3 is 0 Å². The molecule has 0 spiro atoms. The van der Waals surface area contributed by atoms with Gasteiger partial charge in [0.25, 0.3) is 5.91 Å². The van der Waals surface area contributed by atoms with Crippen LogP contribution in [0.2, 0.25) is 0 Å². The van der Waals surface area contributed by atoms with Gasteiger partial charge in [-0.05, 0) is 54.2 Å². The Morgan fingerprint density at radius 2 is 2.10 bits per heavy atom. The van der Waals surface area contributed by atoms with Gasteiger partial charge in [0.05, 0.1) is 10.2 Å². The number of hydrogen-bond donors (Lipinski definition) is 2. The molecule has 1 heterocycles. The number of rotatable bonds is 5. The summed E-state index contributed by atoms with van der Waals surface area (Å²) in [7, 11) is 1.83. The fraction of sp³-hybridized carbons (Fsp3) is 0.286. The number of aromatic nitrogens is 2. The van der Waals surface area contributed by atoms with Gasteiger partial charge in [-0.2, -0.15) is 5.10 Å². The van der Waals surface area contributed by atoms with Crippen LogP contribution in [0.4, 0.5) is 4.39 Å². The first kappa shape index (κ1) is 15.7. The van der Waals surface area contributed by atoms with Crippen LogP contribution in [0.15, 0.2) is 34.9 Å². The van der Waals surface area contributed by atoms with Crippen LogP contribution >= 0.6 is 15.9 Å². The van der Waals surface area contributed by atoms with E-state index in [9.17, 15) is 9.18 Å². The molecule has 2 N–H and O–H groups in total. The summed E-state index contributed by atoms with van der Waals surface area (Å²) >= 11 is 3.32. The van der Waals surface area contributed by atoms with E-state index in [1.165, 1.54) is 16.8 Å². The number of nitrogens with zero attached hydrogens (tertiary/aromatic N) is 2. The summed E-state index contributed by atoms with van der Waals surface area (Å²) < 4.78 is 15.0. The first-order valence-corrected chi connectivity index (χ1v) is 7.27. The molecule has 0 fully saturated rings. The van der Waals surface area contributed by atoms with E-state index in [0.29, 0.717) is 22.4 Å². The average molecular weight is 355 g/mol. The lowest BCUT2D eigenvalue weighted by atomic mass is 10.3. The lowest BCUT2D eigenvalue weighted by Crippen LogP contribution is -2.37. The van der Waals surface area contributed by atoms with E-state index in [0.717, 1.165) is 0 Å². The summed E-state index contributed by atoms with van der Waals surface area (Å²) in [6.07, 6.45) is 1.67. The second kappa shape index (κ2) is 6.82. The van der Waals surface area contributed by atoms with Gasteiger partial charge in [0.15, 0.2) is 5.69 Å². The number of carbonyl (C=O) groups is 1. The maximum absolute atomic E-state index is 12.9. The Morgan fingerprint density at radius 1 is 1.43 bits per heavy atom. The van der Waals surface area contributed by atoms with E-state index in [2.05, 4.69) is 31.7 Å². The van der Waals surface area contributed by atoms with Crippen molar-refractivity contribution in [2.45, 2.75) is 13.0 Å². The number of likely N-dealkylation sites (N-methyl/N-ethyl adjacent to an activating group) is 1. The standard InChI is InChI=1S/C14H16BrFN4O/c1-9(17-2)7-18-14(21)13-12(15)8-20(19-13)11-5-3-10(16)4-6-11/h3-6,8-9,17H,7H2,1-2H3,(H,18,21). The molecule has 7 heteroatoms. The minimum absolute atomic E-state index is 0.173. The molecule has 0 saturated heterocycles. The first-order chi connectivity index (χ1) is 10.0. The molecule has 1 aromatic carbocycles. The fourth-order valence-corrected chi connectivity index (χ4v) is 2.12. The molecule has 1 unspecified atom stereocenters. The highest BCUT2D eigenvalue weighted by atomic mass is 79.9. The largest absolute Gasteiger partial charge is 0.349 e. The smallest absolute Gasteiger partial charge is 0.273 e. The first-order valence-electron chi connectivity index (χ1n) is 6.48. The Labute approximate surface area is 130 Å². The van der Waals surface area contributed by atoms with Gasteiger partial charge < -0.3 is 10.6 Å². The SMILES string of the molecule is CNC(C)CNC(=O)c1nn(-c2ccc(F)cc2)cc1Br. The third-order valence-corrected chi connectivity index (χ3v) is 3.62. The van der Waals surface area contributed by atoms with Crippen molar-refractivity contribution in [3.05, 3.63) is 46.4 Å². The van der Waals surface area contributed by atoms with E-state index in [-0.39, 0.29) is 17.8 Å². The van der Waals surface area contributed by atoms with Crippen molar-refractivity contribution in [1.29, 1.82) is 0 Å². The predicted octanol–water partition coefficient (Wildman–Crippen LogP) is 2.11. The zero-order valence-corrected chi connectivity index (χ0v) is 13.3. The summed E-state index contributed by atoms with van der Waals surface area (Å²) in [5.41, 5.74) is 0.974. The predicted molar refractivity (Wildman–Crippen MR) is 82.1 cm³/mol. The molecular weight excluding hydrogens is 339 g/mol. The molecule has 0 aliphatic carbocycles. The van der Waals surface area contributed by atoms with Gasteiger partial charge in [0.2, 0.25) is 0 Å². The molecule has 1 aromatic heterocycles. The Hall–Kier alpha value is -1.73. The zero-order chi connectivity index (χ0) is 15.4. The highest BCUT2D eigenvalue weighted by molar-refractivity contribution is 9.10. The van der Waals surface area contributed by atoms with Gasteiger partial charge in [-0.3, -0.25) is 4.79 Å². The summed E-state index contributed by atoms with van der Waals surface area (Å²) in [5.74, 6) is -0.575. The maximum Gasteiger partial charge on any atom is 0.273 e. The van der Waals surface area contributed by atoms with Crippen LogP contribution in [0.1, 0.15) is 17.4 Å². The van der Waals surface area contributed by atoms with Gasteiger partial charge in [-0.1, -0.05) is 0 Å². The van der Waals surface area contributed by atoms with Crippen LogP contribution in [0.3, 0.4) is 0 Å². The quantitative estimate of drug-likeness (QED) is 0.864. The van der Waals surface area contributed by atoms with E-state index in [1.54, 1.807) is 18.3 Å². The number of amides is 1. The monoisotopic (exact) mass is 354 g/mol. The van der Waals surface area contributed by atoms with Gasteiger partial charge in [-0.15, -0.1) is 0 Å². The second-order valence-corrected chi connectivity index (χ2v) is 5.50. The van der Waals surface area contributed by atoms with Crippen molar-refractivity contribution in [3.63, 3.8) is 0 Å². The van der Waals surface area contributed by atoms with Crippen LogP contribution < -0.4 is 10.6 Å². The van der Waals surface area contributed by atoms with Crippen LogP contribution in [0.5, 0.6) is 0 Å². The topological polar surface area (TPSA) is 58.9 Å². The van der Waals surface area contributed by atoms with Crippen molar-refractivity contribution >= 4 is 21.8 Å². The Bertz CT molecular complexity index is 626.